The summed E-state index contributed by atoms with van der Waals surface area (Å²) in [5, 5.41) is -0.919. The van der Waals surface area contributed by atoms with E-state index < -0.39 is 28.2 Å². The van der Waals surface area contributed by atoms with Crippen molar-refractivity contribution in [2.75, 3.05) is 6.26 Å². The molecule has 0 saturated carbocycles. The first-order valence-electron chi connectivity index (χ1n) is 4.79. The first-order valence-corrected chi connectivity index (χ1v) is 6.01. The van der Waals surface area contributed by atoms with Gasteiger partial charge < -0.3 is 0 Å². The van der Waals surface area contributed by atoms with Crippen LogP contribution in [0.1, 0.15) is 28.4 Å². The van der Waals surface area contributed by atoms with Crippen LogP contribution in [0.15, 0.2) is 12.1 Å². The molecule has 0 aliphatic heterocycles. The summed E-state index contributed by atoms with van der Waals surface area (Å²) < 4.78 is 51.7. The van der Waals surface area contributed by atoms with Crippen LogP contribution in [0.4, 0.5) is 17.6 Å². The standard InChI is InChI=1S/C11H10F4OS/c1-3-6-4-7(11(13,14)15)9(8(12)5-6)10(16)17-2/h4-5H,3H2,1-2H3. The van der Waals surface area contributed by atoms with Crippen molar-refractivity contribution in [2.45, 2.75) is 19.5 Å². The fraction of sp³-hybridized carbons (Fsp3) is 0.364. The van der Waals surface area contributed by atoms with Crippen LogP contribution in [0.3, 0.4) is 0 Å². The van der Waals surface area contributed by atoms with Crippen molar-refractivity contribution in [1.82, 2.24) is 0 Å². The largest absolute Gasteiger partial charge is 0.417 e. The number of halogens is 4. The Morgan fingerprint density at radius 3 is 2.35 bits per heavy atom. The van der Waals surface area contributed by atoms with Gasteiger partial charge >= 0.3 is 6.18 Å². The molecule has 0 saturated heterocycles. The highest BCUT2D eigenvalue weighted by Gasteiger charge is 2.37. The Kier molecular flexibility index (Phi) is 4.19. The Morgan fingerprint density at radius 1 is 1.35 bits per heavy atom. The van der Waals surface area contributed by atoms with Crippen molar-refractivity contribution in [3.63, 3.8) is 0 Å². The second-order valence-corrected chi connectivity index (χ2v) is 4.12. The van der Waals surface area contributed by atoms with Crippen LogP contribution in [-0.2, 0) is 12.6 Å². The van der Waals surface area contributed by atoms with Crippen molar-refractivity contribution in [2.24, 2.45) is 0 Å². The highest BCUT2D eigenvalue weighted by atomic mass is 32.2. The summed E-state index contributed by atoms with van der Waals surface area (Å²) in [6.45, 7) is 1.62. The van der Waals surface area contributed by atoms with E-state index in [9.17, 15) is 22.4 Å². The van der Waals surface area contributed by atoms with E-state index in [-0.39, 0.29) is 12.0 Å². The second kappa shape index (κ2) is 5.08. The van der Waals surface area contributed by atoms with Gasteiger partial charge in [-0.25, -0.2) is 4.39 Å². The van der Waals surface area contributed by atoms with Gasteiger partial charge in [-0.05, 0) is 30.4 Å². The molecule has 0 aliphatic carbocycles. The van der Waals surface area contributed by atoms with Crippen LogP contribution < -0.4 is 0 Å². The van der Waals surface area contributed by atoms with Gasteiger partial charge in [0.15, 0.2) is 0 Å². The van der Waals surface area contributed by atoms with Crippen molar-refractivity contribution < 1.29 is 22.4 Å². The fourth-order valence-corrected chi connectivity index (χ4v) is 1.81. The number of alkyl halides is 3. The van der Waals surface area contributed by atoms with E-state index in [2.05, 4.69) is 0 Å². The molecule has 0 aliphatic rings. The van der Waals surface area contributed by atoms with Crippen molar-refractivity contribution >= 4 is 16.9 Å². The summed E-state index contributed by atoms with van der Waals surface area (Å²) in [6, 6.07) is 1.80. The summed E-state index contributed by atoms with van der Waals surface area (Å²) in [5.74, 6) is -1.11. The number of carbonyl (C=O) groups is 1. The van der Waals surface area contributed by atoms with Gasteiger partial charge in [0.2, 0.25) is 5.12 Å². The molecule has 94 valence electrons. The van der Waals surface area contributed by atoms with Gasteiger partial charge in [-0.2, -0.15) is 13.2 Å². The number of hydrogen-bond acceptors (Lipinski definition) is 2. The molecule has 6 heteroatoms. The minimum Gasteiger partial charge on any atom is -0.281 e. The zero-order chi connectivity index (χ0) is 13.2. The molecule has 0 radical (unpaired) electrons. The molecule has 0 fully saturated rings. The fourth-order valence-electron chi connectivity index (χ4n) is 1.40. The summed E-state index contributed by atoms with van der Waals surface area (Å²) in [7, 11) is 0. The average Bonchev–Trinajstić information content (AvgIpc) is 2.25. The maximum Gasteiger partial charge on any atom is 0.417 e. The molecule has 0 unspecified atom stereocenters. The molecule has 1 rings (SSSR count). The maximum absolute atomic E-state index is 13.5. The molecule has 0 bridgehead atoms. The van der Waals surface area contributed by atoms with E-state index in [0.717, 1.165) is 12.1 Å². The zero-order valence-corrected chi connectivity index (χ0v) is 10.0. The molecule has 0 spiro atoms. The smallest absolute Gasteiger partial charge is 0.281 e. The Bertz CT molecular complexity index is 440. The third kappa shape index (κ3) is 3.00. The van der Waals surface area contributed by atoms with Crippen LogP contribution in [0.5, 0.6) is 0 Å². The number of hydrogen-bond donors (Lipinski definition) is 0. The molecule has 1 aromatic rings. The lowest BCUT2D eigenvalue weighted by atomic mass is 10.0. The van der Waals surface area contributed by atoms with Gasteiger partial charge in [0.05, 0.1) is 11.1 Å². The van der Waals surface area contributed by atoms with Crippen molar-refractivity contribution in [3.05, 3.63) is 34.6 Å². The molecule has 1 aromatic carbocycles. The highest BCUT2D eigenvalue weighted by molar-refractivity contribution is 8.13. The molecule has 0 amide bonds. The molecule has 1 nitrogen and oxygen atoms in total. The molecular formula is C11H10F4OS. The Balaban J connectivity index is 3.51. The van der Waals surface area contributed by atoms with Crippen molar-refractivity contribution in [3.8, 4) is 0 Å². The van der Waals surface area contributed by atoms with E-state index in [4.69, 9.17) is 0 Å². The van der Waals surface area contributed by atoms with E-state index in [1.54, 1.807) is 6.92 Å². The van der Waals surface area contributed by atoms with Crippen LogP contribution >= 0.6 is 11.8 Å². The first kappa shape index (κ1) is 14.0. The van der Waals surface area contributed by atoms with Crippen LogP contribution in [0.2, 0.25) is 0 Å². The Morgan fingerprint density at radius 2 is 1.94 bits per heavy atom. The lowest BCUT2D eigenvalue weighted by Gasteiger charge is -2.13. The molecule has 0 N–H and O–H groups in total. The number of carbonyl (C=O) groups excluding carboxylic acids is 1. The number of thioether (sulfide) groups is 1. The minimum absolute atomic E-state index is 0.215. The molecule has 0 heterocycles. The third-order valence-electron chi connectivity index (χ3n) is 2.25. The van der Waals surface area contributed by atoms with Gasteiger partial charge in [0.25, 0.3) is 0 Å². The number of rotatable bonds is 2. The number of benzene rings is 1. The quantitative estimate of drug-likeness (QED) is 0.755. The maximum atomic E-state index is 13.5. The normalized spacial score (nSPS) is 11.6. The molecule has 0 atom stereocenters. The summed E-state index contributed by atoms with van der Waals surface area (Å²) in [6.07, 6.45) is -3.14. The predicted octanol–water partition coefficient (Wildman–Crippen LogP) is 3.91. The van der Waals surface area contributed by atoms with E-state index in [1.807, 2.05) is 0 Å². The Labute approximate surface area is 100 Å². The van der Waals surface area contributed by atoms with E-state index in [0.29, 0.717) is 11.8 Å². The van der Waals surface area contributed by atoms with Crippen LogP contribution in [-0.4, -0.2) is 11.4 Å². The van der Waals surface area contributed by atoms with Gasteiger partial charge in [-0.3, -0.25) is 4.79 Å². The third-order valence-corrected chi connectivity index (χ3v) is 2.83. The average molecular weight is 266 g/mol. The van der Waals surface area contributed by atoms with E-state index >= 15 is 0 Å². The monoisotopic (exact) mass is 266 g/mol. The topological polar surface area (TPSA) is 17.1 Å². The van der Waals surface area contributed by atoms with Gasteiger partial charge in [-0.1, -0.05) is 18.7 Å². The number of aryl methyl sites for hydroxylation is 1. The zero-order valence-electron chi connectivity index (χ0n) is 9.19. The summed E-state index contributed by atoms with van der Waals surface area (Å²) >= 11 is 0.557. The predicted molar refractivity (Wildman–Crippen MR) is 58.6 cm³/mol. The first-order chi connectivity index (χ1) is 7.81. The van der Waals surface area contributed by atoms with Gasteiger partial charge in [0, 0.05) is 0 Å². The van der Waals surface area contributed by atoms with Crippen molar-refractivity contribution in [1.29, 1.82) is 0 Å². The summed E-state index contributed by atoms with van der Waals surface area (Å²) in [5.41, 5.74) is -1.87. The molecule has 17 heavy (non-hydrogen) atoms. The lowest BCUT2D eigenvalue weighted by Crippen LogP contribution is -2.14. The molecular weight excluding hydrogens is 256 g/mol. The molecule has 0 aromatic heterocycles. The van der Waals surface area contributed by atoms with Crippen LogP contribution in [0, 0.1) is 5.82 Å². The van der Waals surface area contributed by atoms with Gasteiger partial charge in [0.1, 0.15) is 5.82 Å². The summed E-state index contributed by atoms with van der Waals surface area (Å²) in [4.78, 5) is 11.3. The second-order valence-electron chi connectivity index (χ2n) is 3.34. The van der Waals surface area contributed by atoms with Gasteiger partial charge in [-0.15, -0.1) is 0 Å². The lowest BCUT2D eigenvalue weighted by molar-refractivity contribution is -0.138. The highest BCUT2D eigenvalue weighted by Crippen LogP contribution is 2.35. The van der Waals surface area contributed by atoms with Crippen LogP contribution in [0.25, 0.3) is 0 Å². The Hall–Kier alpha value is -1.04. The SMILES string of the molecule is CCc1cc(F)c(C(=O)SC)c(C(F)(F)F)c1. The minimum atomic E-state index is -4.73. The van der Waals surface area contributed by atoms with E-state index in [1.165, 1.54) is 6.26 Å².